The number of halogens is 1. The van der Waals surface area contributed by atoms with Crippen LogP contribution in [0.2, 0.25) is 0 Å². The first-order valence-electron chi connectivity index (χ1n) is 7.88. The molecule has 23 heavy (non-hydrogen) atoms. The van der Waals surface area contributed by atoms with Crippen LogP contribution in [0.5, 0.6) is 0 Å². The van der Waals surface area contributed by atoms with Gasteiger partial charge in [-0.3, -0.25) is 9.69 Å². The summed E-state index contributed by atoms with van der Waals surface area (Å²) < 4.78 is 1.18. The van der Waals surface area contributed by atoms with Crippen LogP contribution in [0.4, 0.5) is 5.69 Å². The van der Waals surface area contributed by atoms with Crippen LogP contribution in [0, 0.1) is 10.5 Å². The summed E-state index contributed by atoms with van der Waals surface area (Å²) in [6, 6.07) is 15.0. The van der Waals surface area contributed by atoms with Crippen molar-refractivity contribution >= 4 is 34.2 Å². The highest BCUT2D eigenvalue weighted by Gasteiger charge is 2.26. The molecular formula is C19H21IN2O. The Kier molecular flexibility index (Phi) is 5.02. The molecule has 2 aromatic carbocycles. The summed E-state index contributed by atoms with van der Waals surface area (Å²) in [5, 5.41) is 3.03. The Morgan fingerprint density at radius 1 is 1.30 bits per heavy atom. The third kappa shape index (κ3) is 3.75. The van der Waals surface area contributed by atoms with Crippen LogP contribution in [-0.2, 0) is 11.2 Å². The van der Waals surface area contributed by atoms with E-state index in [1.54, 1.807) is 0 Å². The first-order chi connectivity index (χ1) is 11.0. The molecule has 1 atom stereocenters. The maximum absolute atomic E-state index is 12.4. The molecular weight excluding hydrogens is 399 g/mol. The number of nitrogens with zero attached hydrogens (tertiary/aromatic N) is 1. The second kappa shape index (κ2) is 7.01. The fourth-order valence-electron chi connectivity index (χ4n) is 3.29. The Hall–Kier alpha value is -1.40. The van der Waals surface area contributed by atoms with E-state index < -0.39 is 0 Å². The van der Waals surface area contributed by atoms with Gasteiger partial charge in [0.05, 0.1) is 6.54 Å². The highest BCUT2D eigenvalue weighted by atomic mass is 127. The topological polar surface area (TPSA) is 32.3 Å². The SMILES string of the molecule is Cc1cc(I)ccc1NC(=O)CN(C)[C@H]1CCc2ccccc21. The van der Waals surface area contributed by atoms with Gasteiger partial charge in [0.1, 0.15) is 0 Å². The van der Waals surface area contributed by atoms with Crippen molar-refractivity contribution in [2.75, 3.05) is 18.9 Å². The van der Waals surface area contributed by atoms with Crippen LogP contribution in [0.15, 0.2) is 42.5 Å². The monoisotopic (exact) mass is 420 g/mol. The van der Waals surface area contributed by atoms with E-state index in [0.717, 1.165) is 24.1 Å². The van der Waals surface area contributed by atoms with Gasteiger partial charge in [0.15, 0.2) is 0 Å². The molecule has 4 heteroatoms. The molecule has 0 saturated heterocycles. The van der Waals surface area contributed by atoms with Gasteiger partial charge in [0.25, 0.3) is 0 Å². The van der Waals surface area contributed by atoms with Crippen molar-refractivity contribution in [3.8, 4) is 0 Å². The molecule has 3 rings (SSSR count). The van der Waals surface area contributed by atoms with Crippen molar-refractivity contribution < 1.29 is 4.79 Å². The van der Waals surface area contributed by atoms with Crippen LogP contribution in [0.3, 0.4) is 0 Å². The number of likely N-dealkylation sites (N-methyl/N-ethyl adjacent to an activating group) is 1. The van der Waals surface area contributed by atoms with Crippen molar-refractivity contribution in [1.29, 1.82) is 0 Å². The quantitative estimate of drug-likeness (QED) is 0.754. The second-order valence-corrected chi connectivity index (χ2v) is 7.42. The van der Waals surface area contributed by atoms with E-state index in [9.17, 15) is 4.79 Å². The molecule has 1 N–H and O–H groups in total. The summed E-state index contributed by atoms with van der Waals surface area (Å²) in [4.78, 5) is 14.5. The summed E-state index contributed by atoms with van der Waals surface area (Å²) in [5.41, 5.74) is 4.78. The lowest BCUT2D eigenvalue weighted by atomic mass is 10.1. The number of fused-ring (bicyclic) bond motifs is 1. The van der Waals surface area contributed by atoms with Crippen LogP contribution in [0.1, 0.15) is 29.2 Å². The fourth-order valence-corrected chi connectivity index (χ4v) is 3.93. The molecule has 0 radical (unpaired) electrons. The van der Waals surface area contributed by atoms with Crippen molar-refractivity contribution in [3.05, 3.63) is 62.7 Å². The van der Waals surface area contributed by atoms with E-state index >= 15 is 0 Å². The lowest BCUT2D eigenvalue weighted by molar-refractivity contribution is -0.117. The average Bonchev–Trinajstić information content (AvgIpc) is 2.94. The Morgan fingerprint density at radius 3 is 2.87 bits per heavy atom. The number of rotatable bonds is 4. The van der Waals surface area contributed by atoms with Crippen LogP contribution in [0.25, 0.3) is 0 Å². The summed E-state index contributed by atoms with van der Waals surface area (Å²) in [5.74, 6) is 0.0428. The van der Waals surface area contributed by atoms with Crippen molar-refractivity contribution in [1.82, 2.24) is 4.90 Å². The highest BCUT2D eigenvalue weighted by molar-refractivity contribution is 14.1. The molecule has 0 saturated carbocycles. The molecule has 0 fully saturated rings. The van der Waals surface area contributed by atoms with Gasteiger partial charge in [-0.25, -0.2) is 0 Å². The Balaban J connectivity index is 1.64. The number of carbonyl (C=O) groups excluding carboxylic acids is 1. The normalized spacial score (nSPS) is 16.4. The third-order valence-electron chi connectivity index (χ3n) is 4.49. The first kappa shape index (κ1) is 16.5. The molecule has 1 aliphatic rings. The minimum atomic E-state index is 0.0428. The van der Waals surface area contributed by atoms with Crippen molar-refractivity contribution in [3.63, 3.8) is 0 Å². The number of hydrogen-bond acceptors (Lipinski definition) is 2. The summed E-state index contributed by atoms with van der Waals surface area (Å²) in [7, 11) is 2.03. The summed E-state index contributed by atoms with van der Waals surface area (Å²) in [6.45, 7) is 2.43. The first-order valence-corrected chi connectivity index (χ1v) is 8.96. The van der Waals surface area contributed by atoms with E-state index in [0.29, 0.717) is 12.6 Å². The van der Waals surface area contributed by atoms with Gasteiger partial charge in [0.2, 0.25) is 5.91 Å². The van der Waals surface area contributed by atoms with Gasteiger partial charge in [0, 0.05) is 15.3 Å². The third-order valence-corrected chi connectivity index (χ3v) is 5.16. The van der Waals surface area contributed by atoms with E-state index in [1.165, 1.54) is 14.7 Å². The minimum absolute atomic E-state index is 0.0428. The summed E-state index contributed by atoms with van der Waals surface area (Å²) in [6.07, 6.45) is 2.19. The molecule has 2 aromatic rings. The minimum Gasteiger partial charge on any atom is -0.325 e. The largest absolute Gasteiger partial charge is 0.325 e. The average molecular weight is 420 g/mol. The van der Waals surface area contributed by atoms with Crippen LogP contribution >= 0.6 is 22.6 Å². The van der Waals surface area contributed by atoms with Gasteiger partial charge in [-0.2, -0.15) is 0 Å². The molecule has 0 aliphatic heterocycles. The fraction of sp³-hybridized carbons (Fsp3) is 0.316. The van der Waals surface area contributed by atoms with E-state index in [4.69, 9.17) is 0 Å². The number of amides is 1. The van der Waals surface area contributed by atoms with Gasteiger partial charge in [-0.15, -0.1) is 0 Å². The van der Waals surface area contributed by atoms with E-state index in [2.05, 4.69) is 63.1 Å². The smallest absolute Gasteiger partial charge is 0.238 e. The van der Waals surface area contributed by atoms with Gasteiger partial charge < -0.3 is 5.32 Å². The maximum Gasteiger partial charge on any atom is 0.238 e. The molecule has 0 bridgehead atoms. The summed E-state index contributed by atoms with van der Waals surface area (Å²) >= 11 is 2.28. The molecule has 1 aliphatic carbocycles. The molecule has 120 valence electrons. The van der Waals surface area contributed by atoms with Crippen LogP contribution < -0.4 is 5.32 Å². The Labute approximate surface area is 151 Å². The number of nitrogens with one attached hydrogen (secondary N) is 1. The number of aryl methyl sites for hydroxylation is 2. The van der Waals surface area contributed by atoms with Gasteiger partial charge >= 0.3 is 0 Å². The van der Waals surface area contributed by atoms with Gasteiger partial charge in [-0.05, 0) is 84.3 Å². The van der Waals surface area contributed by atoms with E-state index in [-0.39, 0.29) is 5.91 Å². The molecule has 0 heterocycles. The zero-order valence-corrected chi connectivity index (χ0v) is 15.6. The predicted octanol–water partition coefficient (Wildman–Crippen LogP) is 4.16. The van der Waals surface area contributed by atoms with Crippen molar-refractivity contribution in [2.24, 2.45) is 0 Å². The van der Waals surface area contributed by atoms with E-state index in [1.807, 2.05) is 26.1 Å². The lowest BCUT2D eigenvalue weighted by Crippen LogP contribution is -2.32. The molecule has 1 amide bonds. The number of anilines is 1. The predicted molar refractivity (Wildman–Crippen MR) is 103 cm³/mol. The standard InChI is InChI=1S/C19H21IN2O/c1-13-11-15(20)8-9-17(13)21-19(23)12-22(2)18-10-7-14-5-3-4-6-16(14)18/h3-6,8-9,11,18H,7,10,12H2,1-2H3,(H,21,23)/t18-/m0/s1. The molecule has 0 unspecified atom stereocenters. The maximum atomic E-state index is 12.4. The van der Waals surface area contributed by atoms with Gasteiger partial charge in [-0.1, -0.05) is 24.3 Å². The number of benzene rings is 2. The van der Waals surface area contributed by atoms with Crippen molar-refractivity contribution in [2.45, 2.75) is 25.8 Å². The zero-order chi connectivity index (χ0) is 16.4. The highest BCUT2D eigenvalue weighted by Crippen LogP contribution is 2.34. The number of hydrogen-bond donors (Lipinski definition) is 1. The second-order valence-electron chi connectivity index (χ2n) is 6.18. The van der Waals surface area contributed by atoms with Crippen LogP contribution in [-0.4, -0.2) is 24.4 Å². The Morgan fingerprint density at radius 2 is 2.09 bits per heavy atom. The molecule has 0 aromatic heterocycles. The lowest BCUT2D eigenvalue weighted by Gasteiger charge is -2.24. The molecule has 0 spiro atoms. The Bertz CT molecular complexity index is 729. The zero-order valence-electron chi connectivity index (χ0n) is 13.5. The number of carbonyl (C=O) groups is 1. The molecule has 3 nitrogen and oxygen atoms in total.